The number of rotatable bonds is 2. The number of aliphatic hydroxyl groups excluding tert-OH is 1. The van der Waals surface area contributed by atoms with Gasteiger partial charge in [0, 0.05) is 23.0 Å². The Morgan fingerprint density at radius 2 is 1.81 bits per heavy atom. The third-order valence-electron chi connectivity index (χ3n) is 7.17. The maximum Gasteiger partial charge on any atom is 0.146 e. The van der Waals surface area contributed by atoms with E-state index >= 15 is 0 Å². The van der Waals surface area contributed by atoms with Crippen LogP contribution in [0.4, 0.5) is 0 Å². The lowest BCUT2D eigenvalue weighted by atomic mass is 9.60. The van der Waals surface area contributed by atoms with Gasteiger partial charge in [0.15, 0.2) is 0 Å². The lowest BCUT2D eigenvalue weighted by Crippen LogP contribution is -2.43. The quantitative estimate of drug-likeness (QED) is 0.885. The minimum atomic E-state index is -0.178. The SMILES string of the molecule is CC1CC(O)=c2ccc3c(c2C1C(=O)C1(C)CCC1)CC=c1ccccc1=3. The van der Waals surface area contributed by atoms with Crippen LogP contribution in [0.5, 0.6) is 0 Å². The molecular formula is C25H26O2. The Kier molecular flexibility index (Phi) is 3.62. The number of hydrogen-bond acceptors (Lipinski definition) is 2. The number of hydrogen-bond donors (Lipinski definition) is 1. The molecule has 1 N–H and O–H groups in total. The van der Waals surface area contributed by atoms with Crippen molar-refractivity contribution in [2.75, 3.05) is 0 Å². The van der Waals surface area contributed by atoms with Gasteiger partial charge in [-0.15, -0.1) is 0 Å². The van der Waals surface area contributed by atoms with Gasteiger partial charge in [0.1, 0.15) is 11.5 Å². The molecule has 0 aliphatic heterocycles. The lowest BCUT2D eigenvalue weighted by Gasteiger charge is -2.42. The third-order valence-corrected chi connectivity index (χ3v) is 7.17. The Balaban J connectivity index is 1.84. The fourth-order valence-corrected chi connectivity index (χ4v) is 5.41. The van der Waals surface area contributed by atoms with Gasteiger partial charge in [-0.2, -0.15) is 0 Å². The highest BCUT2D eigenvalue weighted by molar-refractivity contribution is 5.92. The van der Waals surface area contributed by atoms with Gasteiger partial charge in [0.05, 0.1) is 0 Å². The second kappa shape index (κ2) is 5.82. The predicted molar refractivity (Wildman–Crippen MR) is 107 cm³/mol. The Labute approximate surface area is 159 Å². The van der Waals surface area contributed by atoms with Crippen LogP contribution in [0.25, 0.3) is 11.8 Å². The van der Waals surface area contributed by atoms with Crippen LogP contribution >= 0.6 is 0 Å². The summed E-state index contributed by atoms with van der Waals surface area (Å²) in [6.07, 6.45) is 6.85. The average molecular weight is 358 g/mol. The molecule has 2 unspecified atom stereocenters. The Morgan fingerprint density at radius 1 is 1.07 bits per heavy atom. The van der Waals surface area contributed by atoms with Crippen LogP contribution in [0.2, 0.25) is 0 Å². The summed E-state index contributed by atoms with van der Waals surface area (Å²) in [7, 11) is 0. The molecule has 0 saturated heterocycles. The Morgan fingerprint density at radius 3 is 2.56 bits per heavy atom. The highest BCUT2D eigenvalue weighted by Crippen LogP contribution is 2.48. The average Bonchev–Trinajstić information content (AvgIpc) is 2.65. The van der Waals surface area contributed by atoms with Gasteiger partial charge < -0.3 is 5.11 Å². The summed E-state index contributed by atoms with van der Waals surface area (Å²) in [5, 5.41) is 15.3. The van der Waals surface area contributed by atoms with Crippen molar-refractivity contribution in [2.45, 2.75) is 51.9 Å². The van der Waals surface area contributed by atoms with Gasteiger partial charge in [-0.3, -0.25) is 4.79 Å². The molecule has 2 nitrogen and oxygen atoms in total. The predicted octanol–water partition coefficient (Wildman–Crippen LogP) is 3.86. The van der Waals surface area contributed by atoms with Crippen LogP contribution in [0.15, 0.2) is 36.4 Å². The molecule has 0 heterocycles. The highest BCUT2D eigenvalue weighted by Gasteiger charge is 2.46. The van der Waals surface area contributed by atoms with E-state index in [9.17, 15) is 9.90 Å². The van der Waals surface area contributed by atoms with Gasteiger partial charge in [0.2, 0.25) is 0 Å². The molecule has 3 aliphatic rings. The molecule has 5 rings (SSSR count). The van der Waals surface area contributed by atoms with Gasteiger partial charge in [-0.25, -0.2) is 0 Å². The second-order valence-corrected chi connectivity index (χ2v) is 8.93. The van der Waals surface area contributed by atoms with Crippen LogP contribution in [0.1, 0.15) is 56.6 Å². The van der Waals surface area contributed by atoms with Crippen molar-refractivity contribution in [3.63, 3.8) is 0 Å². The van der Waals surface area contributed by atoms with Gasteiger partial charge >= 0.3 is 0 Å². The molecule has 138 valence electrons. The zero-order valence-corrected chi connectivity index (χ0v) is 16.1. The summed E-state index contributed by atoms with van der Waals surface area (Å²) < 4.78 is 0. The summed E-state index contributed by atoms with van der Waals surface area (Å²) >= 11 is 0. The summed E-state index contributed by atoms with van der Waals surface area (Å²) in [5.74, 6) is 0.880. The molecular weight excluding hydrogens is 332 g/mol. The smallest absolute Gasteiger partial charge is 0.146 e. The van der Waals surface area contributed by atoms with E-state index in [0.717, 1.165) is 36.5 Å². The molecule has 2 atom stereocenters. The van der Waals surface area contributed by atoms with E-state index in [4.69, 9.17) is 0 Å². The maximum absolute atomic E-state index is 13.6. The zero-order valence-electron chi connectivity index (χ0n) is 16.1. The summed E-state index contributed by atoms with van der Waals surface area (Å²) in [5.41, 5.74) is 2.17. The standard InChI is InChI=1S/C25H26O2/c1-15-14-21(26)20-11-10-18-17-7-4-3-6-16(17)8-9-19(18)23(20)22(15)24(27)25(2)12-5-13-25/h3-4,6-8,10-11,15,22,26H,5,9,12-14H2,1-2H3. The fourth-order valence-electron chi connectivity index (χ4n) is 5.41. The van der Waals surface area contributed by atoms with Crippen molar-refractivity contribution in [1.82, 2.24) is 0 Å². The number of Topliss-reactive ketones (excluding diaryl/α,β-unsaturated/α-hetero) is 1. The van der Waals surface area contributed by atoms with Crippen molar-refractivity contribution in [3.8, 4) is 0 Å². The topological polar surface area (TPSA) is 37.3 Å². The molecule has 2 aromatic carbocycles. The first-order valence-corrected chi connectivity index (χ1v) is 10.2. The molecule has 0 bridgehead atoms. The first kappa shape index (κ1) is 16.8. The van der Waals surface area contributed by atoms with Crippen molar-refractivity contribution in [2.24, 2.45) is 11.3 Å². The number of aliphatic hydroxyl groups is 1. The third kappa shape index (κ3) is 2.35. The van der Waals surface area contributed by atoms with E-state index in [2.05, 4.69) is 50.3 Å². The second-order valence-electron chi connectivity index (χ2n) is 8.93. The number of benzene rings is 2. The number of fused-ring (bicyclic) bond motifs is 4. The molecule has 0 amide bonds. The Hall–Kier alpha value is -2.35. The van der Waals surface area contributed by atoms with Crippen molar-refractivity contribution in [1.29, 1.82) is 0 Å². The molecule has 0 aromatic heterocycles. The van der Waals surface area contributed by atoms with Crippen molar-refractivity contribution in [3.05, 3.63) is 68.4 Å². The van der Waals surface area contributed by atoms with Crippen LogP contribution in [-0.2, 0) is 11.2 Å². The summed E-state index contributed by atoms with van der Waals surface area (Å²) in [6, 6.07) is 12.6. The van der Waals surface area contributed by atoms with Gasteiger partial charge in [-0.1, -0.05) is 62.7 Å². The van der Waals surface area contributed by atoms with Gasteiger partial charge in [0.25, 0.3) is 0 Å². The van der Waals surface area contributed by atoms with E-state index in [1.807, 2.05) is 6.07 Å². The van der Waals surface area contributed by atoms with Crippen LogP contribution in [0.3, 0.4) is 0 Å². The summed E-state index contributed by atoms with van der Waals surface area (Å²) in [4.78, 5) is 13.6. The molecule has 27 heavy (non-hydrogen) atoms. The van der Waals surface area contributed by atoms with Crippen molar-refractivity contribution >= 4 is 17.6 Å². The highest BCUT2D eigenvalue weighted by atomic mass is 16.3. The molecule has 1 saturated carbocycles. The lowest BCUT2D eigenvalue weighted by molar-refractivity contribution is -0.135. The number of ketones is 1. The molecule has 3 aliphatic carbocycles. The van der Waals surface area contributed by atoms with E-state index in [1.165, 1.54) is 21.2 Å². The van der Waals surface area contributed by atoms with Crippen LogP contribution in [0, 0.1) is 21.8 Å². The largest absolute Gasteiger partial charge is 0.512 e. The van der Waals surface area contributed by atoms with Crippen molar-refractivity contribution < 1.29 is 9.90 Å². The Bertz CT molecular complexity index is 1170. The molecule has 2 aromatic rings. The van der Waals surface area contributed by atoms with E-state index in [1.54, 1.807) is 0 Å². The molecule has 0 radical (unpaired) electrons. The van der Waals surface area contributed by atoms with E-state index in [0.29, 0.717) is 18.0 Å². The minimum Gasteiger partial charge on any atom is -0.512 e. The normalized spacial score (nSPS) is 24.7. The number of carbonyl (C=O) groups excluding carboxylic acids is 1. The van der Waals surface area contributed by atoms with Crippen LogP contribution < -0.4 is 10.4 Å². The fraction of sp³-hybridized carbons (Fsp3) is 0.400. The van der Waals surface area contributed by atoms with Gasteiger partial charge in [-0.05, 0) is 52.0 Å². The zero-order chi connectivity index (χ0) is 18.8. The first-order chi connectivity index (χ1) is 13.0. The van der Waals surface area contributed by atoms with E-state index in [-0.39, 0.29) is 17.3 Å². The molecule has 1 fully saturated rings. The summed E-state index contributed by atoms with van der Waals surface area (Å²) in [6.45, 7) is 4.27. The number of carbonyl (C=O) groups is 1. The monoisotopic (exact) mass is 358 g/mol. The first-order valence-electron chi connectivity index (χ1n) is 10.2. The molecule has 0 spiro atoms. The van der Waals surface area contributed by atoms with Crippen LogP contribution in [-0.4, -0.2) is 10.9 Å². The van der Waals surface area contributed by atoms with E-state index < -0.39 is 0 Å². The maximum atomic E-state index is 13.6. The minimum absolute atomic E-state index is 0.102. The molecule has 2 heteroatoms.